The van der Waals surface area contributed by atoms with E-state index in [4.69, 9.17) is 69.6 Å². The van der Waals surface area contributed by atoms with E-state index in [1.165, 1.54) is 0 Å². The fourth-order valence-corrected chi connectivity index (χ4v) is 5.74. The van der Waals surface area contributed by atoms with Crippen molar-refractivity contribution in [2.24, 2.45) is 0 Å². The molecule has 0 aliphatic rings. The summed E-state index contributed by atoms with van der Waals surface area (Å²) in [5.41, 5.74) is 1.89. The van der Waals surface area contributed by atoms with E-state index in [9.17, 15) is 0 Å². The molecule has 0 spiro atoms. The molecule has 0 unspecified atom stereocenters. The minimum atomic E-state index is -0.718. The van der Waals surface area contributed by atoms with E-state index in [1.54, 1.807) is 0 Å². The molecule has 9 heteroatoms. The minimum absolute atomic E-state index is 0.417. The second kappa shape index (κ2) is 9.37. The first-order valence-electron chi connectivity index (χ1n) is 7.91. The lowest BCUT2D eigenvalue weighted by molar-refractivity contribution is 0.691. The maximum absolute atomic E-state index is 6.40. The Morgan fingerprint density at radius 1 is 0.517 bits per heavy atom. The topological polar surface area (TPSA) is 0 Å². The van der Waals surface area contributed by atoms with Crippen molar-refractivity contribution in [2.45, 2.75) is 12.3 Å². The van der Waals surface area contributed by atoms with Crippen LogP contribution in [0.2, 0.25) is 30.1 Å². The molecule has 0 heterocycles. The molecule has 0 nitrogen and oxygen atoms in total. The Balaban J connectivity index is 2.42. The predicted octanol–water partition coefficient (Wildman–Crippen LogP) is 11.2. The van der Waals surface area contributed by atoms with Gasteiger partial charge in [0, 0.05) is 18.8 Å². The van der Waals surface area contributed by atoms with Crippen LogP contribution in [0.1, 0.15) is 23.6 Å². The molecule has 0 saturated carbocycles. The van der Waals surface area contributed by atoms with E-state index < -0.39 is 5.41 Å². The normalized spacial score (nSPS) is 11.8. The molecule has 0 aliphatic carbocycles. The summed E-state index contributed by atoms with van der Waals surface area (Å²) in [4.78, 5) is 0. The van der Waals surface area contributed by atoms with Crippen molar-refractivity contribution >= 4 is 117 Å². The number of rotatable bonds is 3. The van der Waals surface area contributed by atoms with Gasteiger partial charge in [-0.05, 0) is 108 Å². The molecule has 0 N–H and O–H groups in total. The third kappa shape index (κ3) is 4.65. The van der Waals surface area contributed by atoms with Crippen LogP contribution in [-0.4, -0.2) is 0 Å². The number of hydrogen-bond acceptors (Lipinski definition) is 0. The van der Waals surface area contributed by atoms with E-state index in [0.717, 1.165) is 16.7 Å². The lowest BCUT2D eigenvalue weighted by Gasteiger charge is -2.33. The Labute approximate surface area is 224 Å². The van der Waals surface area contributed by atoms with Crippen LogP contribution in [0, 0.1) is 0 Å². The quantitative estimate of drug-likeness (QED) is 0.188. The smallest absolute Gasteiger partial charge is 0.0734 e. The van der Waals surface area contributed by atoms with E-state index >= 15 is 0 Å². The largest absolute Gasteiger partial charge is 0.0827 e. The minimum Gasteiger partial charge on any atom is -0.0827 e. The van der Waals surface area contributed by atoms with Gasteiger partial charge in [-0.15, -0.1) is 0 Å². The summed E-state index contributed by atoms with van der Waals surface area (Å²) < 4.78 is 2.02. The van der Waals surface area contributed by atoms with Gasteiger partial charge in [0.25, 0.3) is 0 Å². The highest BCUT2D eigenvalue weighted by Crippen LogP contribution is 2.47. The number of hydrogen-bond donors (Lipinski definition) is 0. The van der Waals surface area contributed by atoms with Crippen LogP contribution in [0.3, 0.4) is 0 Å². The Morgan fingerprint density at radius 2 is 0.759 bits per heavy atom. The van der Waals surface area contributed by atoms with Gasteiger partial charge in [-0.25, -0.2) is 0 Å². The maximum Gasteiger partial charge on any atom is 0.0734 e. The zero-order valence-corrected chi connectivity index (χ0v) is 23.7. The van der Waals surface area contributed by atoms with Crippen LogP contribution < -0.4 is 0 Å². The molecule has 0 fully saturated rings. The van der Waals surface area contributed by atoms with Gasteiger partial charge in [-0.3, -0.25) is 0 Å². The summed E-state index contributed by atoms with van der Waals surface area (Å²) >= 11 is 48.5. The molecule has 3 aromatic carbocycles. The average molecular weight is 702 g/mol. The summed E-state index contributed by atoms with van der Waals surface area (Å²) in [5, 5.41) is 2.55. The summed E-state index contributed by atoms with van der Waals surface area (Å²) in [5.74, 6) is 0. The van der Waals surface area contributed by atoms with Gasteiger partial charge >= 0.3 is 0 Å². The van der Waals surface area contributed by atoms with Crippen LogP contribution in [0.15, 0.2) is 49.8 Å². The van der Waals surface area contributed by atoms with Crippen LogP contribution >= 0.6 is 117 Å². The summed E-state index contributed by atoms with van der Waals surface area (Å²) in [6.07, 6.45) is 0. The molecule has 0 amide bonds. The third-order valence-corrected chi connectivity index (χ3v) is 9.65. The van der Waals surface area contributed by atoms with Gasteiger partial charge < -0.3 is 0 Å². The van der Waals surface area contributed by atoms with Crippen LogP contribution in [0.4, 0.5) is 0 Å². The van der Waals surface area contributed by atoms with Crippen molar-refractivity contribution in [3.05, 3.63) is 96.6 Å². The number of halogens is 9. The first-order valence-corrected chi connectivity index (χ1v) is 12.6. The molecule has 3 aromatic rings. The molecule has 29 heavy (non-hydrogen) atoms. The highest BCUT2D eigenvalue weighted by Gasteiger charge is 2.34. The monoisotopic (exact) mass is 696 g/mol. The van der Waals surface area contributed by atoms with Gasteiger partial charge in [-0.2, -0.15) is 0 Å². The molecule has 0 atom stereocenters. The Morgan fingerprint density at radius 3 is 0.966 bits per heavy atom. The maximum atomic E-state index is 6.40. The lowest BCUT2D eigenvalue weighted by atomic mass is 9.71. The van der Waals surface area contributed by atoms with E-state index in [-0.39, 0.29) is 0 Å². The second-order valence-corrected chi connectivity index (χ2v) is 11.3. The van der Waals surface area contributed by atoms with Crippen LogP contribution in [-0.2, 0) is 5.41 Å². The molecule has 152 valence electrons. The fourth-order valence-electron chi connectivity index (χ4n) is 3.03. The van der Waals surface area contributed by atoms with Crippen molar-refractivity contribution in [3.8, 4) is 0 Å². The van der Waals surface area contributed by atoms with E-state index in [1.807, 2.05) is 43.3 Å². The van der Waals surface area contributed by atoms with E-state index in [2.05, 4.69) is 47.8 Å². The van der Waals surface area contributed by atoms with E-state index in [0.29, 0.717) is 43.6 Å². The highest BCUT2D eigenvalue weighted by molar-refractivity contribution is 9.11. The average Bonchev–Trinajstić information content (AvgIpc) is 2.66. The zero-order valence-electron chi connectivity index (χ0n) is 14.4. The van der Waals surface area contributed by atoms with Crippen molar-refractivity contribution in [1.82, 2.24) is 0 Å². The Kier molecular flexibility index (Phi) is 7.91. The van der Waals surface area contributed by atoms with Crippen LogP contribution in [0.5, 0.6) is 0 Å². The molecular weight excluding hydrogens is 693 g/mol. The molecule has 0 aliphatic heterocycles. The van der Waals surface area contributed by atoms with Gasteiger partial charge in [0.05, 0.1) is 30.1 Å². The number of benzene rings is 3. The van der Waals surface area contributed by atoms with Gasteiger partial charge in [0.1, 0.15) is 0 Å². The third-order valence-electron chi connectivity index (χ3n) is 4.68. The SMILES string of the molecule is CC(c1cc(Cl)c(Cl)c(Br)c1)(c1cc(Cl)c(Cl)c(Br)c1)c1cc(Cl)c(Cl)c(Br)c1. The molecule has 0 bridgehead atoms. The molecule has 0 radical (unpaired) electrons. The van der Waals surface area contributed by atoms with Crippen molar-refractivity contribution in [2.75, 3.05) is 0 Å². The summed E-state index contributed by atoms with van der Waals surface area (Å²) in [7, 11) is 0. The molecule has 0 saturated heterocycles. The summed E-state index contributed by atoms with van der Waals surface area (Å²) in [6, 6.07) is 11.2. The van der Waals surface area contributed by atoms with Gasteiger partial charge in [0.2, 0.25) is 0 Å². The van der Waals surface area contributed by atoms with Crippen molar-refractivity contribution in [3.63, 3.8) is 0 Å². The van der Waals surface area contributed by atoms with Crippen molar-refractivity contribution < 1.29 is 0 Å². The first-order chi connectivity index (χ1) is 13.5. The Hall–Kier alpha value is 0.840. The Bertz CT molecular complexity index is 921. The standard InChI is InChI=1S/C20H9Br3Cl6/c1-20(8-2-11(21)17(27)14(24)5-8,9-3-12(22)18(28)15(25)6-9)10-4-13(23)19(29)16(26)7-10/h2-7H,1H3. The summed E-state index contributed by atoms with van der Waals surface area (Å²) in [6.45, 7) is 2.04. The van der Waals surface area contributed by atoms with Crippen LogP contribution in [0.25, 0.3) is 0 Å². The van der Waals surface area contributed by atoms with Crippen molar-refractivity contribution in [1.29, 1.82) is 0 Å². The molecular formula is C20H9Br3Cl6. The fraction of sp³-hybridized carbons (Fsp3) is 0.100. The van der Waals surface area contributed by atoms with Gasteiger partial charge in [-0.1, -0.05) is 69.6 Å². The van der Waals surface area contributed by atoms with Gasteiger partial charge in [0.15, 0.2) is 0 Å². The highest BCUT2D eigenvalue weighted by atomic mass is 79.9. The molecule has 0 aromatic heterocycles. The lowest BCUT2D eigenvalue weighted by Crippen LogP contribution is -2.26. The predicted molar refractivity (Wildman–Crippen MR) is 138 cm³/mol. The zero-order chi connectivity index (χ0) is 21.7. The second-order valence-electron chi connectivity index (χ2n) is 6.39. The first kappa shape index (κ1) is 24.5. The molecule has 3 rings (SSSR count).